The Morgan fingerprint density at radius 1 is 1.00 bits per heavy atom. The zero-order valence-corrected chi connectivity index (χ0v) is 16.9. The highest BCUT2D eigenvalue weighted by Gasteiger charge is 2.28. The third-order valence-electron chi connectivity index (χ3n) is 3.96. The van der Waals surface area contributed by atoms with E-state index in [0.29, 0.717) is 17.0 Å². The summed E-state index contributed by atoms with van der Waals surface area (Å²) in [4.78, 5) is -0.368. The van der Waals surface area contributed by atoms with E-state index in [4.69, 9.17) is 4.74 Å². The van der Waals surface area contributed by atoms with Crippen LogP contribution >= 0.6 is 15.9 Å². The molecule has 0 atom stereocenters. The molecule has 0 aliphatic rings. The van der Waals surface area contributed by atoms with E-state index in [1.807, 2.05) is 0 Å². The molecule has 0 fully saturated rings. The van der Waals surface area contributed by atoms with E-state index in [1.165, 1.54) is 22.5 Å². The standard InChI is InChI=1S/C20H17BrFNO3S/c1-26-18-9-4-6-15(12-18)14-23(17-8-5-7-16(21)13-17)27(24,25)20-11-3-2-10-19(20)22/h2-13H,14H2,1H3. The Morgan fingerprint density at radius 3 is 2.44 bits per heavy atom. The molecule has 140 valence electrons. The Labute approximate surface area is 166 Å². The topological polar surface area (TPSA) is 46.6 Å². The lowest BCUT2D eigenvalue weighted by molar-refractivity contribution is 0.414. The van der Waals surface area contributed by atoms with Crippen molar-refractivity contribution in [2.75, 3.05) is 11.4 Å². The third kappa shape index (κ3) is 4.31. The van der Waals surface area contributed by atoms with Gasteiger partial charge in [0.15, 0.2) is 0 Å². The van der Waals surface area contributed by atoms with Gasteiger partial charge >= 0.3 is 0 Å². The first kappa shape index (κ1) is 19.4. The van der Waals surface area contributed by atoms with Crippen LogP contribution in [0, 0.1) is 5.82 Å². The summed E-state index contributed by atoms with van der Waals surface area (Å²) in [5.41, 5.74) is 1.14. The lowest BCUT2D eigenvalue weighted by Gasteiger charge is -2.25. The quantitative estimate of drug-likeness (QED) is 0.532. The fourth-order valence-corrected chi connectivity index (χ4v) is 4.56. The number of anilines is 1. The molecule has 0 aliphatic carbocycles. The average molecular weight is 450 g/mol. The SMILES string of the molecule is COc1cccc(CN(c2cccc(Br)c2)S(=O)(=O)c2ccccc2F)c1. The van der Waals surface area contributed by atoms with Gasteiger partial charge in [-0.1, -0.05) is 46.3 Å². The first-order valence-corrected chi connectivity index (χ1v) is 10.3. The predicted molar refractivity (Wildman–Crippen MR) is 107 cm³/mol. The Kier molecular flexibility index (Phi) is 5.82. The van der Waals surface area contributed by atoms with Gasteiger partial charge in [0, 0.05) is 4.47 Å². The Hall–Kier alpha value is -2.38. The van der Waals surface area contributed by atoms with E-state index in [9.17, 15) is 12.8 Å². The molecule has 27 heavy (non-hydrogen) atoms. The fraction of sp³-hybridized carbons (Fsp3) is 0.100. The van der Waals surface area contributed by atoms with Crippen LogP contribution in [0.3, 0.4) is 0 Å². The van der Waals surface area contributed by atoms with Crippen molar-refractivity contribution in [1.29, 1.82) is 0 Å². The minimum Gasteiger partial charge on any atom is -0.497 e. The largest absolute Gasteiger partial charge is 0.497 e. The lowest BCUT2D eigenvalue weighted by Crippen LogP contribution is -2.31. The van der Waals surface area contributed by atoms with Crippen LogP contribution in [0.2, 0.25) is 0 Å². The maximum atomic E-state index is 14.3. The second-order valence-corrected chi connectivity index (χ2v) is 8.52. The molecule has 7 heteroatoms. The van der Waals surface area contributed by atoms with E-state index >= 15 is 0 Å². The van der Waals surface area contributed by atoms with Crippen molar-refractivity contribution >= 4 is 31.6 Å². The molecule has 0 amide bonds. The Bertz CT molecular complexity index is 1060. The monoisotopic (exact) mass is 449 g/mol. The van der Waals surface area contributed by atoms with Gasteiger partial charge in [0.25, 0.3) is 10.0 Å². The molecule has 0 saturated heterocycles. The number of halogens is 2. The van der Waals surface area contributed by atoms with Crippen molar-refractivity contribution in [1.82, 2.24) is 0 Å². The van der Waals surface area contributed by atoms with Crippen molar-refractivity contribution in [3.8, 4) is 5.75 Å². The van der Waals surface area contributed by atoms with E-state index in [2.05, 4.69) is 15.9 Å². The highest BCUT2D eigenvalue weighted by molar-refractivity contribution is 9.10. The lowest BCUT2D eigenvalue weighted by atomic mass is 10.2. The molecule has 4 nitrogen and oxygen atoms in total. The van der Waals surface area contributed by atoms with Gasteiger partial charge in [0.2, 0.25) is 0 Å². The molecule has 0 radical (unpaired) electrons. The number of rotatable bonds is 6. The van der Waals surface area contributed by atoms with Gasteiger partial charge in [-0.25, -0.2) is 12.8 Å². The van der Waals surface area contributed by atoms with Crippen LogP contribution in [0.1, 0.15) is 5.56 Å². The maximum Gasteiger partial charge on any atom is 0.267 e. The van der Waals surface area contributed by atoms with Crippen molar-refractivity contribution in [3.05, 3.63) is 88.6 Å². The molecule has 0 spiro atoms. The molecule has 0 bridgehead atoms. The zero-order valence-electron chi connectivity index (χ0n) is 14.5. The van der Waals surface area contributed by atoms with Gasteiger partial charge in [-0.3, -0.25) is 4.31 Å². The van der Waals surface area contributed by atoms with E-state index < -0.39 is 15.8 Å². The first-order valence-electron chi connectivity index (χ1n) is 8.07. The molecular formula is C20H17BrFNO3S. The second-order valence-electron chi connectivity index (χ2n) is 5.77. The second kappa shape index (κ2) is 8.10. The van der Waals surface area contributed by atoms with Gasteiger partial charge in [-0.05, 0) is 48.0 Å². The molecule has 0 saturated carbocycles. The van der Waals surface area contributed by atoms with Crippen molar-refractivity contribution in [2.24, 2.45) is 0 Å². The Morgan fingerprint density at radius 2 is 1.74 bits per heavy atom. The van der Waals surface area contributed by atoms with Crippen molar-refractivity contribution in [2.45, 2.75) is 11.4 Å². The highest BCUT2D eigenvalue weighted by Crippen LogP contribution is 2.29. The summed E-state index contributed by atoms with van der Waals surface area (Å²) < 4.78 is 47.9. The van der Waals surface area contributed by atoms with Gasteiger partial charge in [-0.15, -0.1) is 0 Å². The van der Waals surface area contributed by atoms with Crippen LogP contribution < -0.4 is 9.04 Å². The van der Waals surface area contributed by atoms with Crippen molar-refractivity contribution < 1.29 is 17.5 Å². The number of nitrogens with zero attached hydrogens (tertiary/aromatic N) is 1. The summed E-state index contributed by atoms with van der Waals surface area (Å²) >= 11 is 3.36. The maximum absolute atomic E-state index is 14.3. The third-order valence-corrected chi connectivity index (χ3v) is 6.26. The molecule has 3 rings (SSSR count). The van der Waals surface area contributed by atoms with Crippen LogP contribution in [0.4, 0.5) is 10.1 Å². The van der Waals surface area contributed by atoms with Gasteiger partial charge < -0.3 is 4.74 Å². The van der Waals surface area contributed by atoms with Gasteiger partial charge in [0.05, 0.1) is 19.3 Å². The average Bonchev–Trinajstić information content (AvgIpc) is 2.66. The van der Waals surface area contributed by atoms with Crippen LogP contribution in [0.15, 0.2) is 82.2 Å². The van der Waals surface area contributed by atoms with Crippen LogP contribution in [0.25, 0.3) is 0 Å². The minimum absolute atomic E-state index is 0.0321. The van der Waals surface area contributed by atoms with Crippen LogP contribution in [0.5, 0.6) is 5.75 Å². The molecule has 0 N–H and O–H groups in total. The molecule has 0 unspecified atom stereocenters. The minimum atomic E-state index is -4.12. The highest BCUT2D eigenvalue weighted by atomic mass is 79.9. The zero-order chi connectivity index (χ0) is 19.4. The fourth-order valence-electron chi connectivity index (χ4n) is 2.66. The number of hydrogen-bond donors (Lipinski definition) is 0. The van der Waals surface area contributed by atoms with E-state index in [0.717, 1.165) is 10.5 Å². The molecule has 0 aromatic heterocycles. The predicted octanol–water partition coefficient (Wildman–Crippen LogP) is 4.99. The van der Waals surface area contributed by atoms with Gasteiger partial charge in [0.1, 0.15) is 16.5 Å². The molecule has 0 aliphatic heterocycles. The number of ether oxygens (including phenoxy) is 1. The molecule has 0 heterocycles. The molecule has 3 aromatic rings. The summed E-state index contributed by atoms with van der Waals surface area (Å²) in [7, 11) is -2.58. The van der Waals surface area contributed by atoms with E-state index in [1.54, 1.807) is 55.6 Å². The van der Waals surface area contributed by atoms with Crippen LogP contribution in [-0.4, -0.2) is 15.5 Å². The summed E-state index contributed by atoms with van der Waals surface area (Å²) in [6, 6.07) is 19.3. The number of hydrogen-bond acceptors (Lipinski definition) is 3. The number of sulfonamides is 1. The van der Waals surface area contributed by atoms with Crippen molar-refractivity contribution in [3.63, 3.8) is 0 Å². The summed E-state index contributed by atoms with van der Waals surface area (Å²) in [6.07, 6.45) is 0. The van der Waals surface area contributed by atoms with Crippen LogP contribution in [-0.2, 0) is 16.6 Å². The summed E-state index contributed by atoms with van der Waals surface area (Å²) in [6.45, 7) is 0.0321. The molecular weight excluding hydrogens is 433 g/mol. The normalized spacial score (nSPS) is 11.2. The van der Waals surface area contributed by atoms with Gasteiger partial charge in [-0.2, -0.15) is 0 Å². The van der Waals surface area contributed by atoms with E-state index in [-0.39, 0.29) is 11.4 Å². The first-order chi connectivity index (χ1) is 12.9. The number of benzene rings is 3. The summed E-state index contributed by atoms with van der Waals surface area (Å²) in [5.74, 6) is -0.173. The number of methoxy groups -OCH3 is 1. The summed E-state index contributed by atoms with van der Waals surface area (Å²) in [5, 5.41) is 0. The smallest absolute Gasteiger partial charge is 0.267 e. The molecule has 3 aromatic carbocycles. The Balaban J connectivity index is 2.11.